The summed E-state index contributed by atoms with van der Waals surface area (Å²) in [5, 5.41) is 11.7. The molecule has 0 aliphatic heterocycles. The van der Waals surface area contributed by atoms with E-state index in [9.17, 15) is 4.39 Å². The first-order valence-corrected chi connectivity index (χ1v) is 7.65. The Morgan fingerprint density at radius 1 is 1.08 bits per heavy atom. The lowest BCUT2D eigenvalue weighted by Crippen LogP contribution is -1.98. The van der Waals surface area contributed by atoms with Crippen LogP contribution in [0.3, 0.4) is 0 Å². The van der Waals surface area contributed by atoms with Gasteiger partial charge in [-0.2, -0.15) is 5.26 Å². The van der Waals surface area contributed by atoms with Gasteiger partial charge in [-0.05, 0) is 36.4 Å². The van der Waals surface area contributed by atoms with Crippen molar-refractivity contribution in [2.24, 2.45) is 0 Å². The Morgan fingerprint density at radius 3 is 2.58 bits per heavy atom. The van der Waals surface area contributed by atoms with Gasteiger partial charge in [0.15, 0.2) is 5.75 Å². The molecule has 3 rings (SSSR count). The zero-order chi connectivity index (χ0) is 16.9. The van der Waals surface area contributed by atoms with Crippen LogP contribution >= 0.6 is 15.9 Å². The van der Waals surface area contributed by atoms with Crippen LogP contribution in [0.4, 0.5) is 16.0 Å². The number of rotatable bonds is 4. The molecule has 5 nitrogen and oxygen atoms in total. The molecule has 0 radical (unpaired) electrons. The van der Waals surface area contributed by atoms with Crippen molar-refractivity contribution in [1.29, 1.82) is 5.26 Å². The summed E-state index contributed by atoms with van der Waals surface area (Å²) in [6, 6.07) is 13.3. The first-order chi connectivity index (χ1) is 11.6. The number of anilines is 2. The number of benzene rings is 2. The molecule has 0 aliphatic rings. The van der Waals surface area contributed by atoms with E-state index < -0.39 is 5.82 Å². The normalized spacial score (nSPS) is 10.0. The second kappa shape index (κ2) is 7.06. The summed E-state index contributed by atoms with van der Waals surface area (Å²) in [4.78, 5) is 8.27. The van der Waals surface area contributed by atoms with Crippen LogP contribution in [-0.2, 0) is 0 Å². The third kappa shape index (κ3) is 3.86. The molecular formula is C17H10BrFN4O. The molecule has 118 valence electrons. The van der Waals surface area contributed by atoms with Gasteiger partial charge in [0.2, 0.25) is 5.95 Å². The van der Waals surface area contributed by atoms with E-state index in [1.165, 1.54) is 30.6 Å². The number of hydrogen-bond acceptors (Lipinski definition) is 5. The van der Waals surface area contributed by atoms with Gasteiger partial charge in [-0.1, -0.05) is 22.0 Å². The molecule has 0 saturated carbocycles. The standard InChI is InChI=1S/C17H10BrFN4O/c18-12-2-1-3-14(7-12)24-15-9-21-17(22-10-15)23-13-4-5-16(19)11(6-13)8-20/h1-7,9-10H,(H,21,22,23). The van der Waals surface area contributed by atoms with E-state index in [4.69, 9.17) is 10.00 Å². The maximum absolute atomic E-state index is 13.3. The van der Waals surface area contributed by atoms with Crippen LogP contribution in [0.2, 0.25) is 0 Å². The van der Waals surface area contributed by atoms with Crippen molar-refractivity contribution in [3.05, 3.63) is 70.7 Å². The van der Waals surface area contributed by atoms with Crippen molar-refractivity contribution in [2.75, 3.05) is 5.32 Å². The smallest absolute Gasteiger partial charge is 0.227 e. The quantitative estimate of drug-likeness (QED) is 0.700. The maximum Gasteiger partial charge on any atom is 0.227 e. The fourth-order valence-electron chi connectivity index (χ4n) is 1.92. The summed E-state index contributed by atoms with van der Waals surface area (Å²) in [7, 11) is 0. The number of hydrogen-bond donors (Lipinski definition) is 1. The van der Waals surface area contributed by atoms with Crippen molar-refractivity contribution in [3.8, 4) is 17.6 Å². The van der Waals surface area contributed by atoms with Gasteiger partial charge in [0.25, 0.3) is 0 Å². The number of aromatic nitrogens is 2. The molecule has 7 heteroatoms. The highest BCUT2D eigenvalue weighted by Crippen LogP contribution is 2.24. The van der Waals surface area contributed by atoms with Crippen molar-refractivity contribution >= 4 is 27.6 Å². The number of halogens is 2. The fourth-order valence-corrected chi connectivity index (χ4v) is 2.30. The van der Waals surface area contributed by atoms with Gasteiger partial charge >= 0.3 is 0 Å². The maximum atomic E-state index is 13.3. The molecule has 0 spiro atoms. The van der Waals surface area contributed by atoms with Crippen LogP contribution in [0.5, 0.6) is 11.5 Å². The van der Waals surface area contributed by atoms with Crippen molar-refractivity contribution < 1.29 is 9.13 Å². The van der Waals surface area contributed by atoms with E-state index in [0.29, 0.717) is 23.1 Å². The number of ether oxygens (including phenoxy) is 1. The largest absolute Gasteiger partial charge is 0.454 e. The SMILES string of the molecule is N#Cc1cc(Nc2ncc(Oc3cccc(Br)c3)cn2)ccc1F. The minimum Gasteiger partial charge on any atom is -0.454 e. The van der Waals surface area contributed by atoms with Crippen LogP contribution in [0, 0.1) is 17.1 Å². The molecule has 0 bridgehead atoms. The van der Waals surface area contributed by atoms with Gasteiger partial charge in [0.1, 0.15) is 17.6 Å². The summed E-state index contributed by atoms with van der Waals surface area (Å²) in [5.41, 5.74) is 0.475. The predicted octanol–water partition coefficient (Wildman–Crippen LogP) is 4.79. The monoisotopic (exact) mass is 384 g/mol. The number of nitrogens with one attached hydrogen (secondary N) is 1. The highest BCUT2D eigenvalue weighted by molar-refractivity contribution is 9.10. The van der Waals surface area contributed by atoms with Crippen LogP contribution in [0.25, 0.3) is 0 Å². The van der Waals surface area contributed by atoms with Gasteiger partial charge in [-0.15, -0.1) is 0 Å². The average molecular weight is 385 g/mol. The van der Waals surface area contributed by atoms with E-state index in [2.05, 4.69) is 31.2 Å². The molecule has 0 unspecified atom stereocenters. The molecule has 0 atom stereocenters. The zero-order valence-corrected chi connectivity index (χ0v) is 13.8. The first kappa shape index (κ1) is 15.9. The fraction of sp³-hybridized carbons (Fsp3) is 0. The minimum atomic E-state index is -0.568. The van der Waals surface area contributed by atoms with Crippen molar-refractivity contribution in [3.63, 3.8) is 0 Å². The van der Waals surface area contributed by atoms with Gasteiger partial charge in [0.05, 0.1) is 18.0 Å². The third-order valence-corrected chi connectivity index (χ3v) is 3.50. The summed E-state index contributed by atoms with van der Waals surface area (Å²) in [6.45, 7) is 0. The summed E-state index contributed by atoms with van der Waals surface area (Å²) in [5.74, 6) is 0.884. The first-order valence-electron chi connectivity index (χ1n) is 6.86. The van der Waals surface area contributed by atoms with Crippen LogP contribution in [0.15, 0.2) is 59.3 Å². The van der Waals surface area contributed by atoms with Crippen molar-refractivity contribution in [1.82, 2.24) is 9.97 Å². The van der Waals surface area contributed by atoms with E-state index in [0.717, 1.165) is 4.47 Å². The van der Waals surface area contributed by atoms with Gasteiger partial charge < -0.3 is 10.1 Å². The van der Waals surface area contributed by atoms with E-state index in [1.54, 1.807) is 6.07 Å². The Bertz CT molecular complexity index is 909. The Balaban J connectivity index is 1.72. The molecule has 0 saturated heterocycles. The molecule has 0 aliphatic carbocycles. The molecular weight excluding hydrogens is 375 g/mol. The third-order valence-electron chi connectivity index (χ3n) is 3.00. The van der Waals surface area contributed by atoms with E-state index in [-0.39, 0.29) is 5.56 Å². The lowest BCUT2D eigenvalue weighted by atomic mass is 10.2. The summed E-state index contributed by atoms with van der Waals surface area (Å²) >= 11 is 3.37. The summed E-state index contributed by atoms with van der Waals surface area (Å²) < 4.78 is 19.8. The predicted molar refractivity (Wildman–Crippen MR) is 90.6 cm³/mol. The molecule has 1 heterocycles. The minimum absolute atomic E-state index is 0.0467. The van der Waals surface area contributed by atoms with Crippen LogP contribution < -0.4 is 10.1 Å². The number of nitriles is 1. The van der Waals surface area contributed by atoms with Gasteiger partial charge in [0, 0.05) is 10.2 Å². The van der Waals surface area contributed by atoms with Crippen molar-refractivity contribution in [2.45, 2.75) is 0 Å². The summed E-state index contributed by atoms with van der Waals surface area (Å²) in [6.07, 6.45) is 3.04. The second-order valence-electron chi connectivity index (χ2n) is 4.73. The average Bonchev–Trinajstić information content (AvgIpc) is 2.58. The zero-order valence-electron chi connectivity index (χ0n) is 12.2. The second-order valence-corrected chi connectivity index (χ2v) is 5.65. The Morgan fingerprint density at radius 2 is 1.88 bits per heavy atom. The number of nitrogens with zero attached hydrogens (tertiary/aromatic N) is 3. The van der Waals surface area contributed by atoms with Crippen LogP contribution in [-0.4, -0.2) is 9.97 Å². The highest BCUT2D eigenvalue weighted by Gasteiger charge is 2.05. The highest BCUT2D eigenvalue weighted by atomic mass is 79.9. The topological polar surface area (TPSA) is 70.8 Å². The van der Waals surface area contributed by atoms with E-state index in [1.807, 2.05) is 24.3 Å². The molecule has 2 aromatic carbocycles. The van der Waals surface area contributed by atoms with Crippen LogP contribution in [0.1, 0.15) is 5.56 Å². The van der Waals surface area contributed by atoms with E-state index >= 15 is 0 Å². The molecule has 0 fully saturated rings. The lowest BCUT2D eigenvalue weighted by Gasteiger charge is -2.07. The molecule has 0 amide bonds. The molecule has 1 aromatic heterocycles. The van der Waals surface area contributed by atoms with Gasteiger partial charge in [-0.25, -0.2) is 14.4 Å². The molecule has 1 N–H and O–H groups in total. The molecule has 3 aromatic rings. The Kier molecular flexibility index (Phi) is 4.68. The Labute approximate surface area is 145 Å². The Hall–Kier alpha value is -2.98. The van der Waals surface area contributed by atoms with Gasteiger partial charge in [-0.3, -0.25) is 0 Å². The lowest BCUT2D eigenvalue weighted by molar-refractivity contribution is 0.477. The molecule has 24 heavy (non-hydrogen) atoms.